The van der Waals surface area contributed by atoms with Crippen LogP contribution in [0.3, 0.4) is 0 Å². The van der Waals surface area contributed by atoms with Gasteiger partial charge in [-0.05, 0) is 23.8 Å². The highest BCUT2D eigenvalue weighted by atomic mass is 79.9. The lowest BCUT2D eigenvalue weighted by Gasteiger charge is -2.13. The number of aromatic amines is 1. The van der Waals surface area contributed by atoms with Gasteiger partial charge in [-0.1, -0.05) is 15.9 Å². The maximum atomic E-state index is 10.9. The van der Waals surface area contributed by atoms with Gasteiger partial charge >= 0.3 is 0 Å². The predicted molar refractivity (Wildman–Crippen MR) is 66.3 cm³/mol. The van der Waals surface area contributed by atoms with Crippen LogP contribution in [0, 0.1) is 0 Å². The van der Waals surface area contributed by atoms with Gasteiger partial charge in [-0.15, -0.1) is 0 Å². The number of H-pyrrole nitrogens is 1. The fraction of sp³-hybridized carbons (Fsp3) is 0.250. The highest BCUT2D eigenvalue weighted by Crippen LogP contribution is 2.23. The third kappa shape index (κ3) is 2.50. The molecule has 3 N–H and O–H groups in total. The summed E-state index contributed by atoms with van der Waals surface area (Å²) >= 11 is 3.41. The van der Waals surface area contributed by atoms with Crippen molar-refractivity contribution in [2.24, 2.45) is 0 Å². The Kier molecular flexibility index (Phi) is 3.49. The first-order valence-corrected chi connectivity index (χ1v) is 6.17. The SMILES string of the molecule is C[NH2+]C(Cc1c[nH]c2ccc(Br)cc12)C(=O)[O-]. The number of benzene rings is 1. The van der Waals surface area contributed by atoms with E-state index >= 15 is 0 Å². The lowest BCUT2D eigenvalue weighted by molar-refractivity contribution is -0.657. The van der Waals surface area contributed by atoms with Crippen LogP contribution in [0.1, 0.15) is 5.56 Å². The summed E-state index contributed by atoms with van der Waals surface area (Å²) in [6.07, 6.45) is 2.31. The van der Waals surface area contributed by atoms with Crippen molar-refractivity contribution in [3.8, 4) is 0 Å². The molecule has 90 valence electrons. The molecule has 0 fully saturated rings. The number of nitrogens with one attached hydrogen (secondary N) is 1. The van der Waals surface area contributed by atoms with E-state index in [1.165, 1.54) is 0 Å². The van der Waals surface area contributed by atoms with Crippen molar-refractivity contribution in [3.05, 3.63) is 34.4 Å². The highest BCUT2D eigenvalue weighted by Gasteiger charge is 2.14. The normalized spacial score (nSPS) is 12.8. The van der Waals surface area contributed by atoms with Crippen LogP contribution in [0.25, 0.3) is 10.9 Å². The van der Waals surface area contributed by atoms with Crippen LogP contribution in [-0.4, -0.2) is 24.0 Å². The predicted octanol–water partition coefficient (Wildman–Crippen LogP) is -0.215. The monoisotopic (exact) mass is 296 g/mol. The number of carbonyl (C=O) groups excluding carboxylic acids is 1. The molecule has 1 aromatic heterocycles. The summed E-state index contributed by atoms with van der Waals surface area (Å²) in [5.41, 5.74) is 2.00. The van der Waals surface area contributed by atoms with E-state index in [-0.39, 0.29) is 0 Å². The molecule has 0 aliphatic heterocycles. The highest BCUT2D eigenvalue weighted by molar-refractivity contribution is 9.10. The lowest BCUT2D eigenvalue weighted by atomic mass is 10.1. The van der Waals surface area contributed by atoms with E-state index in [4.69, 9.17) is 0 Å². The zero-order valence-corrected chi connectivity index (χ0v) is 11.0. The minimum absolute atomic E-state index is 0.454. The molecule has 0 bridgehead atoms. The number of aromatic nitrogens is 1. The van der Waals surface area contributed by atoms with Crippen LogP contribution in [0.5, 0.6) is 0 Å². The van der Waals surface area contributed by atoms with Crippen molar-refractivity contribution < 1.29 is 15.2 Å². The first-order chi connectivity index (χ1) is 8.11. The van der Waals surface area contributed by atoms with E-state index in [0.717, 1.165) is 20.9 Å². The summed E-state index contributed by atoms with van der Waals surface area (Å²) in [6.45, 7) is 0. The zero-order valence-electron chi connectivity index (χ0n) is 9.37. The number of carbonyl (C=O) groups is 1. The third-order valence-electron chi connectivity index (χ3n) is 2.87. The molecule has 17 heavy (non-hydrogen) atoms. The Hall–Kier alpha value is -1.33. The van der Waals surface area contributed by atoms with Crippen molar-refractivity contribution in [2.45, 2.75) is 12.5 Å². The van der Waals surface area contributed by atoms with E-state index in [1.54, 1.807) is 12.4 Å². The van der Waals surface area contributed by atoms with Crippen LogP contribution in [0.15, 0.2) is 28.9 Å². The third-order valence-corrected chi connectivity index (χ3v) is 3.37. The van der Waals surface area contributed by atoms with Crippen LogP contribution in [0.4, 0.5) is 0 Å². The molecular formula is C12H13BrN2O2. The van der Waals surface area contributed by atoms with Crippen molar-refractivity contribution in [3.63, 3.8) is 0 Å². The molecule has 0 saturated carbocycles. The van der Waals surface area contributed by atoms with Crippen molar-refractivity contribution in [1.82, 2.24) is 4.98 Å². The molecule has 0 radical (unpaired) electrons. The summed E-state index contributed by atoms with van der Waals surface area (Å²) in [7, 11) is 1.74. The summed E-state index contributed by atoms with van der Waals surface area (Å²) in [5, 5.41) is 13.6. The second kappa shape index (κ2) is 4.89. The number of quaternary nitrogens is 1. The first-order valence-electron chi connectivity index (χ1n) is 5.37. The van der Waals surface area contributed by atoms with Crippen LogP contribution < -0.4 is 10.4 Å². The van der Waals surface area contributed by atoms with Crippen molar-refractivity contribution >= 4 is 32.8 Å². The standard InChI is InChI=1S/C12H13BrN2O2/c1-14-11(12(16)17)4-7-6-15-10-3-2-8(13)5-9(7)10/h2-3,5-6,11,14-15H,4H2,1H3,(H,16,17). The fourth-order valence-corrected chi connectivity index (χ4v) is 2.25. The summed E-state index contributed by atoms with van der Waals surface area (Å²) < 4.78 is 0.983. The Balaban J connectivity index is 2.35. The van der Waals surface area contributed by atoms with Gasteiger partial charge in [-0.2, -0.15) is 0 Å². The van der Waals surface area contributed by atoms with Gasteiger partial charge in [-0.3, -0.25) is 0 Å². The molecule has 1 aromatic carbocycles. The number of hydrogen-bond acceptors (Lipinski definition) is 2. The molecule has 4 nitrogen and oxygen atoms in total. The van der Waals surface area contributed by atoms with Gasteiger partial charge in [0, 0.05) is 28.0 Å². The molecule has 0 saturated heterocycles. The minimum Gasteiger partial charge on any atom is -0.544 e. The minimum atomic E-state index is -1.03. The van der Waals surface area contributed by atoms with E-state index in [0.29, 0.717) is 6.42 Å². The maximum absolute atomic E-state index is 10.9. The molecule has 5 heteroatoms. The number of carboxylic acids is 1. The van der Waals surface area contributed by atoms with Crippen LogP contribution >= 0.6 is 15.9 Å². The van der Waals surface area contributed by atoms with E-state index < -0.39 is 12.0 Å². The second-order valence-corrected chi connectivity index (χ2v) is 4.88. The Morgan fingerprint density at radius 3 is 3.00 bits per heavy atom. The van der Waals surface area contributed by atoms with Gasteiger partial charge in [0.1, 0.15) is 6.04 Å². The summed E-state index contributed by atoms with van der Waals surface area (Å²) in [4.78, 5) is 14.0. The van der Waals surface area contributed by atoms with Gasteiger partial charge in [0.2, 0.25) is 0 Å². The van der Waals surface area contributed by atoms with Gasteiger partial charge in [0.25, 0.3) is 0 Å². The van der Waals surface area contributed by atoms with Gasteiger partial charge in [0.15, 0.2) is 0 Å². The van der Waals surface area contributed by atoms with Gasteiger partial charge in [-0.25, -0.2) is 0 Å². The van der Waals surface area contributed by atoms with Crippen LogP contribution in [0.2, 0.25) is 0 Å². The summed E-state index contributed by atoms with van der Waals surface area (Å²) in [6, 6.07) is 5.36. The van der Waals surface area contributed by atoms with Gasteiger partial charge < -0.3 is 20.2 Å². The fourth-order valence-electron chi connectivity index (χ4n) is 1.89. The Labute approximate surface area is 107 Å². The number of hydrogen-bond donors (Lipinski definition) is 2. The van der Waals surface area contributed by atoms with E-state index in [2.05, 4.69) is 20.9 Å². The second-order valence-electron chi connectivity index (χ2n) is 3.97. The number of likely N-dealkylation sites (N-methyl/N-ethyl adjacent to an activating group) is 1. The largest absolute Gasteiger partial charge is 0.544 e. The molecule has 0 amide bonds. The molecular weight excluding hydrogens is 284 g/mol. The Morgan fingerprint density at radius 2 is 2.35 bits per heavy atom. The molecule has 0 aliphatic carbocycles. The van der Waals surface area contributed by atoms with E-state index in [9.17, 15) is 9.90 Å². The number of fused-ring (bicyclic) bond motifs is 1. The quantitative estimate of drug-likeness (QED) is 0.819. The molecule has 1 heterocycles. The number of carboxylic acid groups (broad SMARTS) is 1. The average Bonchev–Trinajstić information content (AvgIpc) is 2.68. The Morgan fingerprint density at radius 1 is 1.59 bits per heavy atom. The maximum Gasteiger partial charge on any atom is 0.130 e. The molecule has 0 aliphatic rings. The molecule has 1 unspecified atom stereocenters. The van der Waals surface area contributed by atoms with Crippen LogP contribution in [-0.2, 0) is 11.2 Å². The van der Waals surface area contributed by atoms with Crippen molar-refractivity contribution in [2.75, 3.05) is 7.05 Å². The lowest BCUT2D eigenvalue weighted by Crippen LogP contribution is -2.90. The topological polar surface area (TPSA) is 72.5 Å². The number of halogens is 1. The number of aliphatic carboxylic acids is 1. The molecule has 1 atom stereocenters. The Bertz CT molecular complexity index is 550. The smallest absolute Gasteiger partial charge is 0.130 e. The average molecular weight is 297 g/mol. The van der Waals surface area contributed by atoms with Crippen molar-refractivity contribution in [1.29, 1.82) is 0 Å². The molecule has 0 spiro atoms. The number of nitrogens with two attached hydrogens (primary N) is 1. The molecule has 2 rings (SSSR count). The zero-order chi connectivity index (χ0) is 12.4. The summed E-state index contributed by atoms with van der Waals surface area (Å²) in [5.74, 6) is -1.03. The molecule has 2 aromatic rings. The first kappa shape index (κ1) is 12.1. The van der Waals surface area contributed by atoms with Gasteiger partial charge in [0.05, 0.1) is 13.0 Å². The van der Waals surface area contributed by atoms with E-state index in [1.807, 2.05) is 24.4 Å². The number of rotatable bonds is 4.